The Hall–Kier alpha value is -0.540. The van der Waals surface area contributed by atoms with Crippen LogP contribution in [0.25, 0.3) is 0 Å². The van der Waals surface area contributed by atoms with Gasteiger partial charge in [0.1, 0.15) is 0 Å². The molecule has 0 spiro atoms. The number of rotatable bonds is 4. The monoisotopic (exact) mass is 339 g/mol. The quantitative estimate of drug-likeness (QED) is 0.782. The summed E-state index contributed by atoms with van der Waals surface area (Å²) in [6.45, 7) is 7.61. The second-order valence-corrected chi connectivity index (χ2v) is 7.29. The van der Waals surface area contributed by atoms with Gasteiger partial charge in [-0.2, -0.15) is 0 Å². The highest BCUT2D eigenvalue weighted by atomic mass is 79.9. The van der Waals surface area contributed by atoms with Crippen LogP contribution in [-0.2, 0) is 11.3 Å². The van der Waals surface area contributed by atoms with Crippen LogP contribution in [0.2, 0.25) is 0 Å². The van der Waals surface area contributed by atoms with Crippen LogP contribution in [0.5, 0.6) is 0 Å². The van der Waals surface area contributed by atoms with E-state index >= 15 is 0 Å². The molecule has 1 fully saturated rings. The van der Waals surface area contributed by atoms with Crippen molar-refractivity contribution in [3.05, 3.63) is 28.2 Å². The zero-order valence-corrected chi connectivity index (χ0v) is 14.3. The Labute approximate surface area is 131 Å². The summed E-state index contributed by atoms with van der Waals surface area (Å²) in [4.78, 5) is 0. The summed E-state index contributed by atoms with van der Waals surface area (Å²) >= 11 is 3.56. The van der Waals surface area contributed by atoms with Crippen molar-refractivity contribution in [2.24, 2.45) is 17.8 Å². The van der Waals surface area contributed by atoms with Crippen LogP contribution in [0, 0.1) is 17.8 Å². The second-order valence-electron chi connectivity index (χ2n) is 6.50. The van der Waals surface area contributed by atoms with Gasteiger partial charge in [0.05, 0.1) is 12.7 Å². The SMILES string of the molecule is CC1CCC(C(C)C)C(OCc2cccc(N)c2Br)C1. The molecular formula is C17H26BrNO. The van der Waals surface area contributed by atoms with E-state index in [1.165, 1.54) is 19.3 Å². The number of nitrogen functional groups attached to an aromatic ring is 1. The molecule has 1 aliphatic carbocycles. The lowest BCUT2D eigenvalue weighted by atomic mass is 9.75. The van der Waals surface area contributed by atoms with Crippen molar-refractivity contribution in [3.63, 3.8) is 0 Å². The smallest absolute Gasteiger partial charge is 0.0732 e. The molecule has 3 atom stereocenters. The lowest BCUT2D eigenvalue weighted by molar-refractivity contribution is -0.0474. The number of ether oxygens (including phenoxy) is 1. The fourth-order valence-electron chi connectivity index (χ4n) is 3.21. The molecule has 0 aromatic heterocycles. The molecule has 2 rings (SSSR count). The first kappa shape index (κ1) is 15.8. The molecule has 3 unspecified atom stereocenters. The van der Waals surface area contributed by atoms with E-state index in [2.05, 4.69) is 42.8 Å². The fourth-order valence-corrected chi connectivity index (χ4v) is 3.59. The highest BCUT2D eigenvalue weighted by Crippen LogP contribution is 2.36. The van der Waals surface area contributed by atoms with Crippen molar-refractivity contribution in [1.29, 1.82) is 0 Å². The summed E-state index contributed by atoms with van der Waals surface area (Å²) in [6.07, 6.45) is 4.20. The van der Waals surface area contributed by atoms with Crippen LogP contribution in [0.3, 0.4) is 0 Å². The average molecular weight is 340 g/mol. The molecule has 2 nitrogen and oxygen atoms in total. The van der Waals surface area contributed by atoms with E-state index in [-0.39, 0.29) is 0 Å². The largest absolute Gasteiger partial charge is 0.398 e. The molecule has 0 radical (unpaired) electrons. The predicted molar refractivity (Wildman–Crippen MR) is 88.5 cm³/mol. The molecule has 3 heteroatoms. The van der Waals surface area contributed by atoms with Gasteiger partial charge in [0.2, 0.25) is 0 Å². The minimum absolute atomic E-state index is 0.382. The van der Waals surface area contributed by atoms with Gasteiger partial charge in [-0.1, -0.05) is 39.3 Å². The maximum Gasteiger partial charge on any atom is 0.0732 e. The van der Waals surface area contributed by atoms with Gasteiger partial charge in [-0.25, -0.2) is 0 Å². The van der Waals surface area contributed by atoms with Crippen molar-refractivity contribution < 1.29 is 4.74 Å². The summed E-state index contributed by atoms with van der Waals surface area (Å²) in [5.41, 5.74) is 7.85. The molecule has 1 aromatic rings. The third-order valence-electron chi connectivity index (χ3n) is 4.52. The first-order valence-electron chi connectivity index (χ1n) is 7.63. The Bertz CT molecular complexity index is 447. The molecule has 1 aromatic carbocycles. The summed E-state index contributed by atoms with van der Waals surface area (Å²) < 4.78 is 7.24. The minimum Gasteiger partial charge on any atom is -0.398 e. The van der Waals surface area contributed by atoms with Crippen LogP contribution in [-0.4, -0.2) is 6.10 Å². The highest BCUT2D eigenvalue weighted by Gasteiger charge is 2.31. The second kappa shape index (κ2) is 6.95. The van der Waals surface area contributed by atoms with E-state index < -0.39 is 0 Å². The van der Waals surface area contributed by atoms with Crippen LogP contribution in [0.4, 0.5) is 5.69 Å². The number of hydrogen-bond acceptors (Lipinski definition) is 2. The molecule has 0 saturated heterocycles. The van der Waals surface area contributed by atoms with E-state index in [0.29, 0.717) is 24.5 Å². The van der Waals surface area contributed by atoms with Gasteiger partial charge in [-0.15, -0.1) is 0 Å². The maximum atomic E-state index is 6.26. The Morgan fingerprint density at radius 1 is 1.35 bits per heavy atom. The van der Waals surface area contributed by atoms with Crippen LogP contribution in [0.1, 0.15) is 45.6 Å². The van der Waals surface area contributed by atoms with Crippen LogP contribution in [0.15, 0.2) is 22.7 Å². The summed E-state index contributed by atoms with van der Waals surface area (Å²) in [7, 11) is 0. The summed E-state index contributed by atoms with van der Waals surface area (Å²) in [6, 6.07) is 5.98. The zero-order chi connectivity index (χ0) is 14.7. The predicted octanol–water partition coefficient (Wildman–Crippen LogP) is 5.01. The van der Waals surface area contributed by atoms with E-state index in [4.69, 9.17) is 10.5 Å². The zero-order valence-electron chi connectivity index (χ0n) is 12.7. The van der Waals surface area contributed by atoms with E-state index in [1.54, 1.807) is 0 Å². The molecule has 1 saturated carbocycles. The summed E-state index contributed by atoms with van der Waals surface area (Å²) in [5, 5.41) is 0. The van der Waals surface area contributed by atoms with Crippen LogP contribution >= 0.6 is 15.9 Å². The molecule has 1 aliphatic rings. The molecule has 0 bridgehead atoms. The molecule has 0 amide bonds. The molecule has 0 aliphatic heterocycles. The normalized spacial score (nSPS) is 26.9. The van der Waals surface area contributed by atoms with E-state index in [9.17, 15) is 0 Å². The average Bonchev–Trinajstić information content (AvgIpc) is 2.40. The van der Waals surface area contributed by atoms with Crippen molar-refractivity contribution >= 4 is 21.6 Å². The Morgan fingerprint density at radius 3 is 2.80 bits per heavy atom. The standard InChI is InChI=1S/C17H26BrNO/c1-11(2)14-8-7-12(3)9-16(14)20-10-13-5-4-6-15(19)17(13)18/h4-6,11-12,14,16H,7-10,19H2,1-3H3. The number of anilines is 1. The molecule has 2 N–H and O–H groups in total. The van der Waals surface area contributed by atoms with Gasteiger partial charge in [-0.3, -0.25) is 0 Å². The summed E-state index contributed by atoms with van der Waals surface area (Å²) in [5.74, 6) is 2.15. The fraction of sp³-hybridized carbons (Fsp3) is 0.647. The van der Waals surface area contributed by atoms with Gasteiger partial charge < -0.3 is 10.5 Å². The third-order valence-corrected chi connectivity index (χ3v) is 5.49. The van der Waals surface area contributed by atoms with Crippen LogP contribution < -0.4 is 5.73 Å². The first-order chi connectivity index (χ1) is 9.49. The molecular weight excluding hydrogens is 314 g/mol. The van der Waals surface area contributed by atoms with E-state index in [0.717, 1.165) is 21.6 Å². The number of hydrogen-bond donors (Lipinski definition) is 1. The minimum atomic E-state index is 0.382. The Kier molecular flexibility index (Phi) is 5.50. The van der Waals surface area contributed by atoms with Gasteiger partial charge >= 0.3 is 0 Å². The molecule has 112 valence electrons. The Balaban J connectivity index is 2.02. The third kappa shape index (κ3) is 3.76. The van der Waals surface area contributed by atoms with Crippen molar-refractivity contribution in [2.75, 3.05) is 5.73 Å². The lowest BCUT2D eigenvalue weighted by Gasteiger charge is -2.37. The lowest BCUT2D eigenvalue weighted by Crippen LogP contribution is -2.34. The van der Waals surface area contributed by atoms with Gasteiger partial charge in [0.25, 0.3) is 0 Å². The van der Waals surface area contributed by atoms with Gasteiger partial charge in [0, 0.05) is 10.2 Å². The molecule has 20 heavy (non-hydrogen) atoms. The molecule has 0 heterocycles. The maximum absolute atomic E-state index is 6.26. The van der Waals surface area contributed by atoms with Crippen molar-refractivity contribution in [2.45, 2.75) is 52.7 Å². The first-order valence-corrected chi connectivity index (χ1v) is 8.42. The number of halogens is 1. The number of nitrogens with two attached hydrogens (primary N) is 1. The Morgan fingerprint density at radius 2 is 2.10 bits per heavy atom. The van der Waals surface area contributed by atoms with Crippen molar-refractivity contribution in [3.8, 4) is 0 Å². The van der Waals surface area contributed by atoms with Crippen molar-refractivity contribution in [1.82, 2.24) is 0 Å². The topological polar surface area (TPSA) is 35.2 Å². The highest BCUT2D eigenvalue weighted by molar-refractivity contribution is 9.10. The van der Waals surface area contributed by atoms with E-state index in [1.807, 2.05) is 12.1 Å². The van der Waals surface area contributed by atoms with Gasteiger partial charge in [0.15, 0.2) is 0 Å². The van der Waals surface area contributed by atoms with Gasteiger partial charge in [-0.05, 0) is 58.2 Å². The number of benzene rings is 1.